The number of hydrogen-bond acceptors (Lipinski definition) is 6. The maximum absolute atomic E-state index is 11.8. The minimum atomic E-state index is -0.0642. The summed E-state index contributed by atoms with van der Waals surface area (Å²) in [6.07, 6.45) is 0.790. The fraction of sp³-hybridized carbons (Fsp3) is 0.389. The summed E-state index contributed by atoms with van der Waals surface area (Å²) in [5.41, 5.74) is 4.31. The lowest BCUT2D eigenvalue weighted by molar-refractivity contribution is -0.118. The molecule has 138 valence electrons. The maximum atomic E-state index is 11.8. The fourth-order valence-corrected chi connectivity index (χ4v) is 3.19. The van der Waals surface area contributed by atoms with Crippen LogP contribution in [-0.4, -0.2) is 47.1 Å². The summed E-state index contributed by atoms with van der Waals surface area (Å²) >= 11 is 1.23. The number of fused-ring (bicyclic) bond motifs is 1. The summed E-state index contributed by atoms with van der Waals surface area (Å²) in [6, 6.07) is 6.00. The van der Waals surface area contributed by atoms with Crippen molar-refractivity contribution in [3.63, 3.8) is 0 Å². The summed E-state index contributed by atoms with van der Waals surface area (Å²) in [4.78, 5) is 15.1. The van der Waals surface area contributed by atoms with Crippen LogP contribution in [0.4, 0.5) is 0 Å². The largest absolute Gasteiger partial charge is 0.411 e. The van der Waals surface area contributed by atoms with Gasteiger partial charge in [0.15, 0.2) is 0 Å². The highest BCUT2D eigenvalue weighted by atomic mass is 32.2. The molecule has 2 N–H and O–H groups in total. The van der Waals surface area contributed by atoms with Crippen LogP contribution in [-0.2, 0) is 9.53 Å². The number of hydrogen-bond donors (Lipinski definition) is 2. The number of methoxy groups -OCH3 is 1. The van der Waals surface area contributed by atoms with E-state index >= 15 is 0 Å². The second-order valence-electron chi connectivity index (χ2n) is 5.99. The van der Waals surface area contributed by atoms with Gasteiger partial charge in [-0.05, 0) is 44.0 Å². The Morgan fingerprint density at radius 3 is 3.00 bits per heavy atom. The molecule has 0 unspecified atom stereocenters. The Kier molecular flexibility index (Phi) is 5.95. The number of aromatic nitrogens is 3. The van der Waals surface area contributed by atoms with E-state index in [1.165, 1.54) is 17.3 Å². The normalized spacial score (nSPS) is 11.2. The molecule has 1 amide bonds. The van der Waals surface area contributed by atoms with Gasteiger partial charge in [0, 0.05) is 42.4 Å². The van der Waals surface area contributed by atoms with Crippen molar-refractivity contribution in [1.29, 1.82) is 0 Å². The zero-order chi connectivity index (χ0) is 18.5. The van der Waals surface area contributed by atoms with Crippen LogP contribution in [0.25, 0.3) is 22.4 Å². The summed E-state index contributed by atoms with van der Waals surface area (Å²) in [5, 5.41) is 12.5. The topological polar surface area (TPSA) is 93.0 Å². The standard InChI is InChI=1S/C18H22N4O3S/c1-11-12(2)20-15-6-5-13(9-14(11)15)17-21-22-18(25-17)26-10-16(23)19-7-4-8-24-3/h5-6,9,20H,4,7-8,10H2,1-3H3,(H,19,23). The molecule has 2 aromatic heterocycles. The third-order valence-corrected chi connectivity index (χ3v) is 4.95. The van der Waals surface area contributed by atoms with Gasteiger partial charge in [-0.15, -0.1) is 10.2 Å². The van der Waals surface area contributed by atoms with Gasteiger partial charge in [-0.3, -0.25) is 4.79 Å². The van der Waals surface area contributed by atoms with E-state index in [1.807, 2.05) is 18.2 Å². The first-order chi connectivity index (χ1) is 12.6. The highest BCUT2D eigenvalue weighted by molar-refractivity contribution is 7.99. The molecule has 0 aliphatic carbocycles. The average Bonchev–Trinajstić information content (AvgIpc) is 3.22. The van der Waals surface area contributed by atoms with Gasteiger partial charge >= 0.3 is 0 Å². The van der Waals surface area contributed by atoms with E-state index in [4.69, 9.17) is 9.15 Å². The predicted molar refractivity (Wildman–Crippen MR) is 101 cm³/mol. The van der Waals surface area contributed by atoms with Crippen LogP contribution in [0, 0.1) is 13.8 Å². The average molecular weight is 374 g/mol. The van der Waals surface area contributed by atoms with E-state index in [1.54, 1.807) is 7.11 Å². The number of amides is 1. The number of nitrogens with zero attached hydrogens (tertiary/aromatic N) is 2. The minimum Gasteiger partial charge on any atom is -0.411 e. The van der Waals surface area contributed by atoms with Crippen LogP contribution in [0.5, 0.6) is 0 Å². The van der Waals surface area contributed by atoms with Crippen molar-refractivity contribution in [2.24, 2.45) is 0 Å². The number of rotatable bonds is 8. The highest BCUT2D eigenvalue weighted by Crippen LogP contribution is 2.28. The molecule has 0 aliphatic rings. The molecule has 0 atom stereocenters. The number of aryl methyl sites for hydroxylation is 2. The lowest BCUT2D eigenvalue weighted by atomic mass is 10.1. The lowest BCUT2D eigenvalue weighted by Gasteiger charge is -2.02. The zero-order valence-corrected chi connectivity index (χ0v) is 15.9. The first-order valence-electron chi connectivity index (χ1n) is 8.39. The second kappa shape index (κ2) is 8.37. The monoisotopic (exact) mass is 374 g/mol. The molecule has 0 saturated carbocycles. The number of thioether (sulfide) groups is 1. The van der Waals surface area contributed by atoms with Gasteiger partial charge in [-0.2, -0.15) is 0 Å². The lowest BCUT2D eigenvalue weighted by Crippen LogP contribution is -2.26. The summed E-state index contributed by atoms with van der Waals surface area (Å²) < 4.78 is 10.6. The van der Waals surface area contributed by atoms with Crippen LogP contribution in [0.1, 0.15) is 17.7 Å². The first kappa shape index (κ1) is 18.5. The number of nitrogens with one attached hydrogen (secondary N) is 2. The summed E-state index contributed by atoms with van der Waals surface area (Å²) in [6.45, 7) is 5.36. The van der Waals surface area contributed by atoms with Gasteiger partial charge in [0.1, 0.15) is 0 Å². The molecule has 0 fully saturated rings. The number of aromatic amines is 1. The molecule has 0 spiro atoms. The van der Waals surface area contributed by atoms with Crippen LogP contribution in [0.2, 0.25) is 0 Å². The molecular formula is C18H22N4O3S. The molecule has 0 radical (unpaired) electrons. The van der Waals surface area contributed by atoms with Crippen molar-refractivity contribution in [1.82, 2.24) is 20.5 Å². The number of benzene rings is 1. The van der Waals surface area contributed by atoms with Gasteiger partial charge in [-0.1, -0.05) is 11.8 Å². The number of carbonyl (C=O) groups is 1. The van der Waals surface area contributed by atoms with Crippen molar-refractivity contribution in [3.8, 4) is 11.5 Å². The molecule has 26 heavy (non-hydrogen) atoms. The molecule has 7 nitrogen and oxygen atoms in total. The Hall–Kier alpha value is -2.32. The molecule has 0 aliphatic heterocycles. The van der Waals surface area contributed by atoms with Crippen molar-refractivity contribution < 1.29 is 13.9 Å². The fourth-order valence-electron chi connectivity index (χ4n) is 2.60. The van der Waals surface area contributed by atoms with Crippen molar-refractivity contribution in [3.05, 3.63) is 29.5 Å². The van der Waals surface area contributed by atoms with E-state index in [0.717, 1.165) is 28.6 Å². The molecule has 2 heterocycles. The van der Waals surface area contributed by atoms with Gasteiger partial charge in [-0.25, -0.2) is 0 Å². The van der Waals surface area contributed by atoms with Gasteiger partial charge in [0.25, 0.3) is 5.22 Å². The predicted octanol–water partition coefficient (Wildman–Crippen LogP) is 3.08. The van der Waals surface area contributed by atoms with Gasteiger partial charge in [0.2, 0.25) is 11.8 Å². The van der Waals surface area contributed by atoms with Crippen molar-refractivity contribution in [2.75, 3.05) is 26.0 Å². The Morgan fingerprint density at radius 2 is 2.19 bits per heavy atom. The summed E-state index contributed by atoms with van der Waals surface area (Å²) in [7, 11) is 1.64. The highest BCUT2D eigenvalue weighted by Gasteiger charge is 2.13. The summed E-state index contributed by atoms with van der Waals surface area (Å²) in [5.74, 6) is 0.628. The van der Waals surface area contributed by atoms with E-state index < -0.39 is 0 Å². The minimum absolute atomic E-state index is 0.0642. The first-order valence-corrected chi connectivity index (χ1v) is 9.38. The molecule has 8 heteroatoms. The third-order valence-electron chi connectivity index (χ3n) is 4.14. The number of H-pyrrole nitrogens is 1. The van der Waals surface area contributed by atoms with Crippen LogP contribution in [0.15, 0.2) is 27.8 Å². The molecule has 1 aromatic carbocycles. The molecule has 0 saturated heterocycles. The van der Waals surface area contributed by atoms with Crippen molar-refractivity contribution in [2.45, 2.75) is 25.5 Å². The van der Waals surface area contributed by atoms with Crippen LogP contribution >= 0.6 is 11.8 Å². The van der Waals surface area contributed by atoms with E-state index in [-0.39, 0.29) is 11.7 Å². The van der Waals surface area contributed by atoms with Gasteiger partial charge in [0.05, 0.1) is 5.75 Å². The number of carbonyl (C=O) groups excluding carboxylic acids is 1. The smallest absolute Gasteiger partial charge is 0.277 e. The van der Waals surface area contributed by atoms with Crippen LogP contribution in [0.3, 0.4) is 0 Å². The van der Waals surface area contributed by atoms with Crippen LogP contribution < -0.4 is 5.32 Å². The quantitative estimate of drug-likeness (QED) is 0.465. The molecular weight excluding hydrogens is 352 g/mol. The van der Waals surface area contributed by atoms with Gasteiger partial charge < -0.3 is 19.5 Å². The number of ether oxygens (including phenoxy) is 1. The third kappa shape index (κ3) is 4.25. The molecule has 3 rings (SSSR count). The SMILES string of the molecule is COCCCNC(=O)CSc1nnc(-c2ccc3[nH]c(C)c(C)c3c2)o1. The zero-order valence-electron chi connectivity index (χ0n) is 15.1. The van der Waals surface area contributed by atoms with E-state index in [2.05, 4.69) is 34.3 Å². The Morgan fingerprint density at radius 1 is 1.35 bits per heavy atom. The Balaban J connectivity index is 1.61. The van der Waals surface area contributed by atoms with Crippen molar-refractivity contribution >= 4 is 28.6 Å². The molecule has 0 bridgehead atoms. The van der Waals surface area contributed by atoms with E-state index in [9.17, 15) is 4.79 Å². The Bertz CT molecular complexity index is 903. The van der Waals surface area contributed by atoms with E-state index in [0.29, 0.717) is 24.3 Å². The Labute approximate surface area is 155 Å². The maximum Gasteiger partial charge on any atom is 0.277 e. The second-order valence-corrected chi connectivity index (χ2v) is 6.92. The molecule has 3 aromatic rings.